The summed E-state index contributed by atoms with van der Waals surface area (Å²) in [6, 6.07) is 13.3. The molecule has 2 aliphatic rings. The summed E-state index contributed by atoms with van der Waals surface area (Å²) in [5.41, 5.74) is 3.90. The Kier molecular flexibility index (Phi) is 9.29. The lowest BCUT2D eigenvalue weighted by molar-refractivity contribution is -0.895. The van der Waals surface area contributed by atoms with Crippen LogP contribution < -0.4 is 15.4 Å². The molecule has 0 spiro atoms. The number of aliphatic hydroxyl groups excluding tert-OH is 1. The second-order valence-electron chi connectivity index (χ2n) is 11.4. The van der Waals surface area contributed by atoms with Gasteiger partial charge in [-0.05, 0) is 69.2 Å². The summed E-state index contributed by atoms with van der Waals surface area (Å²) >= 11 is 0. The smallest absolute Gasteiger partial charge is 0.271 e. The lowest BCUT2D eigenvalue weighted by Gasteiger charge is -2.43. The first-order chi connectivity index (χ1) is 19.8. The largest absolute Gasteiger partial charge is 0.390 e. The van der Waals surface area contributed by atoms with Crippen molar-refractivity contribution in [2.24, 2.45) is 0 Å². The number of hydrogen-bond acceptors (Lipinski definition) is 7. The van der Waals surface area contributed by atoms with E-state index in [1.165, 1.54) is 11.9 Å². The molecule has 41 heavy (non-hydrogen) atoms. The highest BCUT2D eigenvalue weighted by atomic mass is 19.3. The van der Waals surface area contributed by atoms with Crippen molar-refractivity contribution < 1.29 is 23.8 Å². The Labute approximate surface area is 240 Å². The van der Waals surface area contributed by atoms with Gasteiger partial charge in [-0.1, -0.05) is 41.1 Å². The molecule has 3 heterocycles. The maximum atomic E-state index is 13.8. The monoisotopic (exact) mass is 567 g/mol. The normalized spacial score (nSPS) is 17.8. The van der Waals surface area contributed by atoms with Crippen LogP contribution in [-0.2, 0) is 12.8 Å². The number of benzene rings is 1. The van der Waals surface area contributed by atoms with Crippen LogP contribution in [0.3, 0.4) is 0 Å². The van der Waals surface area contributed by atoms with Crippen LogP contribution >= 0.6 is 0 Å². The molecule has 10 heteroatoms. The van der Waals surface area contributed by atoms with Gasteiger partial charge in [0.05, 0.1) is 17.7 Å². The Morgan fingerprint density at radius 2 is 1.95 bits per heavy atom. The van der Waals surface area contributed by atoms with Gasteiger partial charge in [0.1, 0.15) is 12.0 Å². The topological polar surface area (TPSA) is 97.4 Å². The van der Waals surface area contributed by atoms with Crippen molar-refractivity contribution >= 4 is 11.6 Å². The highest BCUT2D eigenvalue weighted by Gasteiger charge is 2.47. The number of unbranched alkanes of at least 4 members (excludes halogenated alkanes) is 1. The van der Waals surface area contributed by atoms with E-state index in [-0.39, 0.29) is 18.9 Å². The molecule has 1 aromatic carbocycles. The van der Waals surface area contributed by atoms with Crippen LogP contribution in [0.2, 0.25) is 0 Å². The van der Waals surface area contributed by atoms with E-state index in [9.17, 15) is 19.1 Å². The van der Waals surface area contributed by atoms with Crippen LogP contribution in [0, 0.1) is 0 Å². The molecule has 8 nitrogen and oxygen atoms in total. The summed E-state index contributed by atoms with van der Waals surface area (Å²) in [6.07, 6.45) is 7.33. The number of aryl methyl sites for hydroxylation is 2. The highest BCUT2D eigenvalue weighted by molar-refractivity contribution is 5.72. The fourth-order valence-corrected chi connectivity index (χ4v) is 5.79. The highest BCUT2D eigenvalue weighted by Crippen LogP contribution is 2.40. The third-order valence-corrected chi connectivity index (χ3v) is 8.25. The van der Waals surface area contributed by atoms with Crippen LogP contribution in [0.5, 0.6) is 0 Å². The lowest BCUT2D eigenvalue weighted by Crippen LogP contribution is -2.52. The van der Waals surface area contributed by atoms with E-state index in [2.05, 4.69) is 32.7 Å². The molecule has 4 N–H and O–H groups in total. The number of fused-ring (bicyclic) bond motifs is 1. The zero-order valence-corrected chi connectivity index (χ0v) is 23.6. The summed E-state index contributed by atoms with van der Waals surface area (Å²) < 4.78 is 28.6. The molecule has 1 saturated carbocycles. The van der Waals surface area contributed by atoms with Crippen LogP contribution in [0.25, 0.3) is 11.1 Å². The number of nitrogens with one attached hydrogen (secondary N) is 2. The number of alkyl halides is 2. The molecule has 0 amide bonds. The molecule has 220 valence electrons. The van der Waals surface area contributed by atoms with E-state index < -0.39 is 18.1 Å². The zero-order chi connectivity index (χ0) is 28.8. The number of nitrogens with zero attached hydrogens (tertiary/aromatic N) is 4. The zero-order valence-electron chi connectivity index (χ0n) is 23.6. The predicted octanol–water partition coefficient (Wildman–Crippen LogP) is 4.70. The fraction of sp³-hybridized carbons (Fsp3) is 0.516. The van der Waals surface area contributed by atoms with Crippen molar-refractivity contribution in [2.75, 3.05) is 30.3 Å². The van der Waals surface area contributed by atoms with Crippen molar-refractivity contribution in [2.45, 2.75) is 82.4 Å². The van der Waals surface area contributed by atoms with E-state index in [0.29, 0.717) is 30.9 Å². The minimum atomic E-state index is -2.60. The Bertz CT molecular complexity index is 1280. The van der Waals surface area contributed by atoms with Crippen LogP contribution in [0.1, 0.15) is 56.7 Å². The number of hydrogen-bond donors (Lipinski definition) is 4. The number of aliphatic hydroxyl groups is 1. The van der Waals surface area contributed by atoms with E-state index in [4.69, 9.17) is 4.98 Å². The van der Waals surface area contributed by atoms with Crippen molar-refractivity contribution in [3.05, 3.63) is 66.2 Å². The van der Waals surface area contributed by atoms with E-state index in [1.807, 2.05) is 30.3 Å². The van der Waals surface area contributed by atoms with E-state index in [1.54, 1.807) is 13.1 Å². The third-order valence-electron chi connectivity index (χ3n) is 8.25. The van der Waals surface area contributed by atoms with Crippen molar-refractivity contribution in [1.29, 1.82) is 0 Å². The van der Waals surface area contributed by atoms with E-state index in [0.717, 1.165) is 60.5 Å². The second-order valence-corrected chi connectivity index (χ2v) is 11.4. The number of halogens is 2. The van der Waals surface area contributed by atoms with Gasteiger partial charge in [-0.2, -0.15) is 0 Å². The quantitative estimate of drug-likeness (QED) is 0.135. The number of rotatable bonds is 13. The van der Waals surface area contributed by atoms with Gasteiger partial charge < -0.3 is 15.6 Å². The Morgan fingerprint density at radius 3 is 2.71 bits per heavy atom. The standard InChI is InChI=1S/C31H40F2N6O2/c1-22(40)28(37-30-27(20-34-21-39(30)41)23-8-3-2-4-9-23)14-17-38(26-18-31(32,33)19-26)16-6-5-11-25-13-12-24-10-7-15-35-29(24)36-25/h2-4,8-9,12-13,20-22,26,28,40-41H,5-7,10-11,14-19H2,1H3,(H,35,36)/p+1/t22?,28-/m0/s1. The molecule has 1 fully saturated rings. The first kappa shape index (κ1) is 29.1. The van der Waals surface area contributed by atoms with E-state index >= 15 is 0 Å². The molecule has 2 aromatic heterocycles. The van der Waals surface area contributed by atoms with Crippen LogP contribution in [-0.4, -0.2) is 68.9 Å². The molecule has 1 aliphatic carbocycles. The second kappa shape index (κ2) is 13.1. The van der Waals surface area contributed by atoms with Crippen LogP contribution in [0.15, 0.2) is 55.0 Å². The maximum Gasteiger partial charge on any atom is 0.271 e. The van der Waals surface area contributed by atoms with Gasteiger partial charge in [-0.3, -0.25) is 10.2 Å². The van der Waals surface area contributed by atoms with Gasteiger partial charge in [0.15, 0.2) is 0 Å². The van der Waals surface area contributed by atoms with Gasteiger partial charge in [-0.15, -0.1) is 4.98 Å². The van der Waals surface area contributed by atoms with Crippen LogP contribution in [0.4, 0.5) is 20.4 Å². The third kappa shape index (κ3) is 7.48. The minimum absolute atomic E-state index is 0.128. The Morgan fingerprint density at radius 1 is 1.15 bits per heavy atom. The number of anilines is 2. The predicted molar refractivity (Wildman–Crippen MR) is 154 cm³/mol. The number of aromatic nitrogens is 3. The molecule has 2 atom stereocenters. The average Bonchev–Trinajstić information content (AvgIpc) is 2.95. The molecule has 0 radical (unpaired) electrons. The van der Waals surface area contributed by atoms with Crippen molar-refractivity contribution in [3.8, 4) is 11.1 Å². The summed E-state index contributed by atoms with van der Waals surface area (Å²) in [4.78, 5) is 11.0. The first-order valence-electron chi connectivity index (χ1n) is 14.7. The maximum absolute atomic E-state index is 13.8. The van der Waals surface area contributed by atoms with Crippen molar-refractivity contribution in [1.82, 2.24) is 14.9 Å². The Hall–Kier alpha value is -3.37. The van der Waals surface area contributed by atoms with Crippen molar-refractivity contribution in [3.63, 3.8) is 0 Å². The molecule has 0 bridgehead atoms. The molecule has 0 saturated heterocycles. The summed E-state index contributed by atoms with van der Waals surface area (Å²) in [5.74, 6) is -1.18. The van der Waals surface area contributed by atoms with Gasteiger partial charge >= 0.3 is 0 Å². The minimum Gasteiger partial charge on any atom is -0.390 e. The molecule has 5 rings (SSSR count). The summed E-state index contributed by atoms with van der Waals surface area (Å²) in [6.45, 7) is 3.92. The molecular weight excluding hydrogens is 526 g/mol. The average molecular weight is 568 g/mol. The molecule has 3 aromatic rings. The summed E-state index contributed by atoms with van der Waals surface area (Å²) in [7, 11) is 0. The fourth-order valence-electron chi connectivity index (χ4n) is 5.79. The Balaban J connectivity index is 1.20. The lowest BCUT2D eigenvalue weighted by atomic mass is 9.86. The SMILES string of the molecule is CC(O)[C@H](CCN(CCCCc1ccc2c(n1)NCCC2)C1CC(F)(F)C1)Nc1c(-c2ccccc2)cnc[n+]1O. The molecule has 1 unspecified atom stereocenters. The van der Waals surface area contributed by atoms with Gasteiger partial charge in [0, 0.05) is 37.7 Å². The molecular formula is C31H41F2N6O2+. The molecule has 1 aliphatic heterocycles. The number of pyridine rings is 1. The van der Waals surface area contributed by atoms with Gasteiger partial charge in [0.25, 0.3) is 18.1 Å². The summed E-state index contributed by atoms with van der Waals surface area (Å²) in [5, 5.41) is 27.9. The first-order valence-corrected chi connectivity index (χ1v) is 14.7. The van der Waals surface area contributed by atoms with Gasteiger partial charge in [0.2, 0.25) is 0 Å². The van der Waals surface area contributed by atoms with Gasteiger partial charge in [-0.25, -0.2) is 13.8 Å².